The summed E-state index contributed by atoms with van der Waals surface area (Å²) in [6, 6.07) is 8.41. The van der Waals surface area contributed by atoms with Crippen molar-refractivity contribution in [1.29, 1.82) is 10.5 Å². The fraction of sp³-hybridized carbons (Fsp3) is 0.167. The van der Waals surface area contributed by atoms with E-state index in [0.29, 0.717) is 17.1 Å². The Morgan fingerprint density at radius 1 is 1.47 bits per heavy atom. The number of nitriles is 2. The summed E-state index contributed by atoms with van der Waals surface area (Å²) < 4.78 is 5.35. The Bertz CT molecular complexity index is 623. The fourth-order valence-corrected chi connectivity index (χ4v) is 1.58. The molecule has 1 amide bonds. The van der Waals surface area contributed by atoms with Crippen LogP contribution in [0.4, 0.5) is 11.4 Å². The second-order valence-electron chi connectivity index (χ2n) is 3.69. The molecular formula is C12H9N5O2. The van der Waals surface area contributed by atoms with Gasteiger partial charge in [0.05, 0.1) is 5.69 Å². The van der Waals surface area contributed by atoms with Gasteiger partial charge in [-0.25, -0.2) is 0 Å². The molecule has 19 heavy (non-hydrogen) atoms. The van der Waals surface area contributed by atoms with E-state index in [4.69, 9.17) is 15.3 Å². The summed E-state index contributed by atoms with van der Waals surface area (Å²) >= 11 is 0. The number of fused-ring (bicyclic) bond motifs is 1. The maximum absolute atomic E-state index is 11.5. The smallest absolute Gasteiger partial charge is 0.264 e. The summed E-state index contributed by atoms with van der Waals surface area (Å²) in [5.41, 5.74) is 3.39. The van der Waals surface area contributed by atoms with Gasteiger partial charge in [0.2, 0.25) is 5.71 Å². The average Bonchev–Trinajstić information content (AvgIpc) is 2.44. The molecule has 1 aliphatic rings. The molecule has 0 spiro atoms. The highest BCUT2D eigenvalue weighted by Crippen LogP contribution is 2.37. The fourth-order valence-electron chi connectivity index (χ4n) is 1.58. The summed E-state index contributed by atoms with van der Waals surface area (Å²) in [5, 5.41) is 20.8. The van der Waals surface area contributed by atoms with Crippen LogP contribution in [-0.2, 0) is 4.79 Å². The third-order valence-corrected chi connectivity index (χ3v) is 2.57. The van der Waals surface area contributed by atoms with Gasteiger partial charge in [0.15, 0.2) is 12.4 Å². The van der Waals surface area contributed by atoms with Gasteiger partial charge in [-0.2, -0.15) is 15.6 Å². The first-order chi connectivity index (χ1) is 9.17. The quantitative estimate of drug-likeness (QED) is 0.623. The predicted molar refractivity (Wildman–Crippen MR) is 67.6 cm³/mol. The van der Waals surface area contributed by atoms with Gasteiger partial charge in [-0.15, -0.1) is 0 Å². The lowest BCUT2D eigenvalue weighted by Gasteiger charge is -2.27. The van der Waals surface area contributed by atoms with Crippen molar-refractivity contribution < 1.29 is 9.53 Å². The zero-order valence-electron chi connectivity index (χ0n) is 10.0. The number of hydrogen-bond donors (Lipinski definition) is 1. The molecule has 1 N–H and O–H groups in total. The van der Waals surface area contributed by atoms with Crippen LogP contribution in [0.25, 0.3) is 0 Å². The molecule has 1 heterocycles. The summed E-state index contributed by atoms with van der Waals surface area (Å²) in [7, 11) is 1.65. The monoisotopic (exact) mass is 255 g/mol. The zero-order valence-corrected chi connectivity index (χ0v) is 10.0. The van der Waals surface area contributed by atoms with Gasteiger partial charge >= 0.3 is 0 Å². The first-order valence-corrected chi connectivity index (χ1v) is 5.33. The molecule has 0 bridgehead atoms. The number of para-hydroxylation sites is 1. The Hall–Kier alpha value is -3.06. The number of nitrogens with zero attached hydrogens (tertiary/aromatic N) is 4. The topological polar surface area (TPSA) is 102 Å². The van der Waals surface area contributed by atoms with Gasteiger partial charge < -0.3 is 9.64 Å². The van der Waals surface area contributed by atoms with E-state index in [9.17, 15) is 4.79 Å². The molecule has 2 rings (SSSR count). The molecule has 7 heteroatoms. The van der Waals surface area contributed by atoms with Crippen LogP contribution in [0.1, 0.15) is 0 Å². The van der Waals surface area contributed by atoms with Crippen LogP contribution in [-0.4, -0.2) is 25.3 Å². The minimum atomic E-state index is -0.294. The van der Waals surface area contributed by atoms with Crippen molar-refractivity contribution in [2.75, 3.05) is 24.0 Å². The Balaban J connectivity index is 2.35. The van der Waals surface area contributed by atoms with E-state index >= 15 is 0 Å². The highest BCUT2D eigenvalue weighted by atomic mass is 16.5. The van der Waals surface area contributed by atoms with Crippen LogP contribution >= 0.6 is 0 Å². The van der Waals surface area contributed by atoms with Crippen molar-refractivity contribution in [2.45, 2.75) is 0 Å². The van der Waals surface area contributed by atoms with Crippen molar-refractivity contribution in [2.24, 2.45) is 5.10 Å². The van der Waals surface area contributed by atoms with Crippen molar-refractivity contribution in [3.8, 4) is 17.9 Å². The molecule has 0 fully saturated rings. The molecule has 0 saturated heterocycles. The minimum Gasteiger partial charge on any atom is -0.479 e. The number of ether oxygens (including phenoxy) is 1. The molecular weight excluding hydrogens is 246 g/mol. The number of likely N-dealkylation sites (N-methyl/N-ethyl adjacent to an activating group) is 1. The van der Waals surface area contributed by atoms with Crippen molar-refractivity contribution >= 4 is 23.0 Å². The molecule has 0 aliphatic carbocycles. The summed E-state index contributed by atoms with van der Waals surface area (Å²) in [6.45, 7) is -0.0603. The number of anilines is 2. The lowest BCUT2D eigenvalue weighted by Crippen LogP contribution is -2.35. The summed E-state index contributed by atoms with van der Waals surface area (Å²) in [4.78, 5) is 13.0. The van der Waals surface area contributed by atoms with Gasteiger partial charge in [0, 0.05) is 7.05 Å². The van der Waals surface area contributed by atoms with Crippen molar-refractivity contribution in [3.05, 3.63) is 18.2 Å². The molecule has 94 valence electrons. The molecule has 0 aromatic heterocycles. The zero-order chi connectivity index (χ0) is 13.8. The second-order valence-corrected chi connectivity index (χ2v) is 3.69. The van der Waals surface area contributed by atoms with E-state index in [1.54, 1.807) is 37.4 Å². The Labute approximate surface area is 109 Å². The number of carbonyl (C=O) groups is 1. The number of nitrogens with one attached hydrogen (secondary N) is 1. The molecule has 0 saturated carbocycles. The Morgan fingerprint density at radius 2 is 2.21 bits per heavy atom. The highest BCUT2D eigenvalue weighted by Gasteiger charge is 2.24. The molecule has 7 nitrogen and oxygen atoms in total. The van der Waals surface area contributed by atoms with Gasteiger partial charge in [0.25, 0.3) is 5.91 Å². The van der Waals surface area contributed by atoms with Crippen molar-refractivity contribution in [1.82, 2.24) is 0 Å². The minimum absolute atomic E-state index is 0.0603. The van der Waals surface area contributed by atoms with E-state index in [1.165, 1.54) is 4.90 Å². The van der Waals surface area contributed by atoms with Crippen LogP contribution in [0.3, 0.4) is 0 Å². The highest BCUT2D eigenvalue weighted by molar-refractivity contribution is 6.10. The van der Waals surface area contributed by atoms with Crippen LogP contribution in [0.15, 0.2) is 23.3 Å². The molecule has 0 atom stereocenters. The number of amides is 1. The van der Waals surface area contributed by atoms with E-state index in [2.05, 4.69) is 10.5 Å². The first-order valence-electron chi connectivity index (χ1n) is 5.33. The average molecular weight is 255 g/mol. The van der Waals surface area contributed by atoms with Gasteiger partial charge in [-0.1, -0.05) is 6.07 Å². The van der Waals surface area contributed by atoms with Gasteiger partial charge in [0.1, 0.15) is 17.8 Å². The van der Waals surface area contributed by atoms with Crippen LogP contribution in [0, 0.1) is 22.7 Å². The summed E-state index contributed by atoms with van der Waals surface area (Å²) in [5.74, 6) is 0.312. The third-order valence-electron chi connectivity index (χ3n) is 2.57. The Morgan fingerprint density at radius 3 is 2.89 bits per heavy atom. The molecule has 0 unspecified atom stereocenters. The van der Waals surface area contributed by atoms with Crippen LogP contribution in [0.2, 0.25) is 0 Å². The van der Waals surface area contributed by atoms with Crippen LogP contribution < -0.4 is 15.1 Å². The van der Waals surface area contributed by atoms with Gasteiger partial charge in [-0.05, 0) is 12.1 Å². The van der Waals surface area contributed by atoms with E-state index in [0.717, 1.165) is 0 Å². The van der Waals surface area contributed by atoms with Gasteiger partial charge in [-0.3, -0.25) is 10.2 Å². The standard InChI is InChI=1S/C12H9N5O2/c1-17-10-4-2-3-9(12(10)19-7-11(17)18)16-15-8(5-13)6-14/h2-4,16H,7H2,1H3. The largest absolute Gasteiger partial charge is 0.479 e. The summed E-state index contributed by atoms with van der Waals surface area (Å²) in [6.07, 6.45) is 0. The molecule has 1 aliphatic heterocycles. The van der Waals surface area contributed by atoms with E-state index in [1.807, 2.05) is 0 Å². The normalized spacial score (nSPS) is 12.6. The first kappa shape index (κ1) is 12.4. The lowest BCUT2D eigenvalue weighted by atomic mass is 10.2. The Kier molecular flexibility index (Phi) is 3.31. The number of benzene rings is 1. The van der Waals surface area contributed by atoms with Crippen molar-refractivity contribution in [3.63, 3.8) is 0 Å². The maximum atomic E-state index is 11.5. The number of carbonyl (C=O) groups excluding carboxylic acids is 1. The van der Waals surface area contributed by atoms with E-state index in [-0.39, 0.29) is 18.2 Å². The molecule has 1 aromatic rings. The number of hydrogen-bond acceptors (Lipinski definition) is 6. The number of hydrazone groups is 1. The lowest BCUT2D eigenvalue weighted by molar-refractivity contribution is -0.120. The number of rotatable bonds is 2. The van der Waals surface area contributed by atoms with Crippen LogP contribution in [0.5, 0.6) is 5.75 Å². The molecule has 1 aromatic carbocycles. The molecule has 0 radical (unpaired) electrons. The van der Waals surface area contributed by atoms with E-state index < -0.39 is 0 Å². The maximum Gasteiger partial charge on any atom is 0.264 e. The second kappa shape index (κ2) is 5.07. The third kappa shape index (κ3) is 2.31. The predicted octanol–water partition coefficient (Wildman–Crippen LogP) is 0.857. The SMILES string of the molecule is CN1C(=O)COc2c(NN=C(C#N)C#N)cccc21.